The fourth-order valence-corrected chi connectivity index (χ4v) is 1.93. The summed E-state index contributed by atoms with van der Waals surface area (Å²) in [6.07, 6.45) is 0.681. The van der Waals surface area contributed by atoms with E-state index < -0.39 is 0 Å². The van der Waals surface area contributed by atoms with Gasteiger partial charge in [0.05, 0.1) is 5.69 Å². The zero-order valence-electron chi connectivity index (χ0n) is 10.5. The summed E-state index contributed by atoms with van der Waals surface area (Å²) in [4.78, 5) is 0. The normalized spacial score (nSPS) is 12.6. The van der Waals surface area contributed by atoms with E-state index in [4.69, 9.17) is 9.63 Å². The Morgan fingerprint density at radius 2 is 2.11 bits per heavy atom. The molecule has 0 radical (unpaired) electrons. The van der Waals surface area contributed by atoms with Crippen LogP contribution < -0.4 is 5.32 Å². The number of aryl methyl sites for hydroxylation is 1. The molecule has 1 unspecified atom stereocenters. The number of aromatic nitrogens is 1. The Labute approximate surface area is 107 Å². The zero-order chi connectivity index (χ0) is 12.8. The summed E-state index contributed by atoms with van der Waals surface area (Å²) >= 11 is 0. The van der Waals surface area contributed by atoms with E-state index in [9.17, 15) is 0 Å². The minimum atomic E-state index is 0.133. The highest BCUT2D eigenvalue weighted by Gasteiger charge is 2.11. The predicted molar refractivity (Wildman–Crippen MR) is 69.0 cm³/mol. The Morgan fingerprint density at radius 1 is 1.33 bits per heavy atom. The molecule has 0 aliphatic rings. The average molecular weight is 246 g/mol. The minimum Gasteiger partial charge on any atom is -0.396 e. The smallest absolute Gasteiger partial charge is 0.133 e. The number of aliphatic hydroxyl groups excluding tert-OH is 1. The van der Waals surface area contributed by atoms with Gasteiger partial charge in [0, 0.05) is 25.3 Å². The van der Waals surface area contributed by atoms with Crippen molar-refractivity contribution >= 4 is 0 Å². The third-order valence-electron chi connectivity index (χ3n) is 2.83. The SMILES string of the molecule is Cc1cc(CNC(CCO)c2ccccc2)no1. The van der Waals surface area contributed by atoms with Crippen LogP contribution in [0.4, 0.5) is 0 Å². The first-order valence-electron chi connectivity index (χ1n) is 6.11. The van der Waals surface area contributed by atoms with Crippen LogP contribution in [0.2, 0.25) is 0 Å². The highest BCUT2D eigenvalue weighted by molar-refractivity contribution is 5.19. The van der Waals surface area contributed by atoms with Crippen LogP contribution in [-0.2, 0) is 6.54 Å². The third kappa shape index (κ3) is 3.42. The lowest BCUT2D eigenvalue weighted by molar-refractivity contribution is 0.264. The van der Waals surface area contributed by atoms with Crippen LogP contribution in [-0.4, -0.2) is 16.9 Å². The van der Waals surface area contributed by atoms with Gasteiger partial charge in [-0.15, -0.1) is 0 Å². The molecule has 0 aliphatic heterocycles. The summed E-state index contributed by atoms with van der Waals surface area (Å²) in [5.41, 5.74) is 2.05. The molecule has 1 heterocycles. The molecule has 96 valence electrons. The van der Waals surface area contributed by atoms with Gasteiger partial charge in [-0.3, -0.25) is 0 Å². The van der Waals surface area contributed by atoms with Crippen molar-refractivity contribution in [1.29, 1.82) is 0 Å². The summed E-state index contributed by atoms with van der Waals surface area (Å²) in [5, 5.41) is 16.5. The Bertz CT molecular complexity index is 468. The largest absolute Gasteiger partial charge is 0.396 e. The van der Waals surface area contributed by atoms with E-state index in [0.29, 0.717) is 13.0 Å². The molecule has 2 rings (SSSR count). The second-order valence-electron chi connectivity index (χ2n) is 4.29. The molecule has 4 heteroatoms. The second-order valence-corrected chi connectivity index (χ2v) is 4.29. The summed E-state index contributed by atoms with van der Waals surface area (Å²) in [6, 6.07) is 12.1. The van der Waals surface area contributed by atoms with Crippen LogP contribution in [0.1, 0.15) is 29.5 Å². The number of hydrogen-bond acceptors (Lipinski definition) is 4. The first kappa shape index (κ1) is 12.8. The Kier molecular flexibility index (Phi) is 4.50. The maximum Gasteiger partial charge on any atom is 0.133 e. The van der Waals surface area contributed by atoms with Crippen LogP contribution in [0.3, 0.4) is 0 Å². The van der Waals surface area contributed by atoms with Crippen molar-refractivity contribution in [3.05, 3.63) is 53.4 Å². The van der Waals surface area contributed by atoms with Gasteiger partial charge >= 0.3 is 0 Å². The summed E-state index contributed by atoms with van der Waals surface area (Å²) in [6.45, 7) is 2.67. The molecule has 2 aromatic rings. The molecule has 1 aromatic carbocycles. The fraction of sp³-hybridized carbons (Fsp3) is 0.357. The molecular formula is C14H18N2O2. The van der Waals surface area contributed by atoms with Crippen molar-refractivity contribution < 1.29 is 9.63 Å². The van der Waals surface area contributed by atoms with E-state index in [1.54, 1.807) is 0 Å². The number of nitrogens with zero attached hydrogens (tertiary/aromatic N) is 1. The van der Waals surface area contributed by atoms with E-state index in [-0.39, 0.29) is 12.6 Å². The molecule has 0 amide bonds. The predicted octanol–water partition coefficient (Wildman–Crippen LogP) is 2.20. The van der Waals surface area contributed by atoms with Crippen molar-refractivity contribution in [2.75, 3.05) is 6.61 Å². The maximum atomic E-state index is 9.13. The Morgan fingerprint density at radius 3 is 2.72 bits per heavy atom. The number of hydrogen-bond donors (Lipinski definition) is 2. The molecular weight excluding hydrogens is 228 g/mol. The Hall–Kier alpha value is -1.65. The highest BCUT2D eigenvalue weighted by atomic mass is 16.5. The molecule has 0 bridgehead atoms. The van der Waals surface area contributed by atoms with Gasteiger partial charge in [-0.2, -0.15) is 0 Å². The first-order valence-corrected chi connectivity index (χ1v) is 6.11. The van der Waals surface area contributed by atoms with Gasteiger partial charge in [-0.1, -0.05) is 35.5 Å². The summed E-state index contributed by atoms with van der Waals surface area (Å²) < 4.78 is 5.02. The van der Waals surface area contributed by atoms with Gasteiger partial charge in [0.2, 0.25) is 0 Å². The molecule has 0 saturated heterocycles. The van der Waals surface area contributed by atoms with Gasteiger partial charge in [-0.25, -0.2) is 0 Å². The number of rotatable bonds is 6. The van der Waals surface area contributed by atoms with E-state index in [1.165, 1.54) is 5.56 Å². The monoisotopic (exact) mass is 246 g/mol. The van der Waals surface area contributed by atoms with Crippen LogP contribution in [0.5, 0.6) is 0 Å². The van der Waals surface area contributed by atoms with Crippen molar-refractivity contribution in [1.82, 2.24) is 10.5 Å². The minimum absolute atomic E-state index is 0.133. The van der Waals surface area contributed by atoms with Gasteiger partial charge in [0.1, 0.15) is 5.76 Å². The number of benzene rings is 1. The van der Waals surface area contributed by atoms with Crippen molar-refractivity contribution in [3.8, 4) is 0 Å². The standard InChI is InChI=1S/C14H18N2O2/c1-11-9-13(16-18-11)10-15-14(7-8-17)12-5-3-2-4-6-12/h2-6,9,14-15,17H,7-8,10H2,1H3. The maximum absolute atomic E-state index is 9.13. The lowest BCUT2D eigenvalue weighted by atomic mass is 10.0. The van der Waals surface area contributed by atoms with E-state index in [0.717, 1.165) is 11.5 Å². The number of nitrogens with one attached hydrogen (secondary N) is 1. The second kappa shape index (κ2) is 6.33. The van der Waals surface area contributed by atoms with E-state index in [2.05, 4.69) is 22.6 Å². The third-order valence-corrected chi connectivity index (χ3v) is 2.83. The van der Waals surface area contributed by atoms with E-state index in [1.807, 2.05) is 31.2 Å². The molecule has 0 spiro atoms. The average Bonchev–Trinajstić information content (AvgIpc) is 2.81. The molecule has 2 N–H and O–H groups in total. The summed E-state index contributed by atoms with van der Waals surface area (Å²) in [5.74, 6) is 0.810. The quantitative estimate of drug-likeness (QED) is 0.820. The lowest BCUT2D eigenvalue weighted by Crippen LogP contribution is -2.22. The topological polar surface area (TPSA) is 58.3 Å². The zero-order valence-corrected chi connectivity index (χ0v) is 10.5. The fourth-order valence-electron chi connectivity index (χ4n) is 1.93. The van der Waals surface area contributed by atoms with Crippen molar-refractivity contribution in [3.63, 3.8) is 0 Å². The number of aliphatic hydroxyl groups is 1. The molecule has 0 saturated carbocycles. The molecule has 18 heavy (non-hydrogen) atoms. The molecule has 0 aliphatic carbocycles. The van der Waals surface area contributed by atoms with Gasteiger partial charge in [0.15, 0.2) is 0 Å². The van der Waals surface area contributed by atoms with Gasteiger partial charge < -0.3 is 14.9 Å². The van der Waals surface area contributed by atoms with Crippen molar-refractivity contribution in [2.24, 2.45) is 0 Å². The Balaban J connectivity index is 1.98. The summed E-state index contributed by atoms with van der Waals surface area (Å²) in [7, 11) is 0. The van der Waals surface area contributed by atoms with E-state index >= 15 is 0 Å². The molecule has 1 atom stereocenters. The van der Waals surface area contributed by atoms with Crippen LogP contribution >= 0.6 is 0 Å². The van der Waals surface area contributed by atoms with Gasteiger partial charge in [0.25, 0.3) is 0 Å². The van der Waals surface area contributed by atoms with Crippen LogP contribution in [0.25, 0.3) is 0 Å². The van der Waals surface area contributed by atoms with Crippen LogP contribution in [0, 0.1) is 6.92 Å². The first-order chi connectivity index (χ1) is 8.79. The highest BCUT2D eigenvalue weighted by Crippen LogP contribution is 2.16. The molecule has 4 nitrogen and oxygen atoms in total. The van der Waals surface area contributed by atoms with Crippen molar-refractivity contribution in [2.45, 2.75) is 25.9 Å². The van der Waals surface area contributed by atoms with Gasteiger partial charge in [-0.05, 0) is 18.9 Å². The molecule has 1 aromatic heterocycles. The van der Waals surface area contributed by atoms with Crippen LogP contribution in [0.15, 0.2) is 40.9 Å². The lowest BCUT2D eigenvalue weighted by Gasteiger charge is -2.17. The molecule has 0 fully saturated rings.